The van der Waals surface area contributed by atoms with E-state index in [1.54, 1.807) is 0 Å². The minimum Gasteiger partial charge on any atom is -0.497 e. The molecule has 3 aromatic rings. The first kappa shape index (κ1) is 22.8. The lowest BCUT2D eigenvalue weighted by Crippen LogP contribution is -2.42. The molecule has 2 amide bonds. The summed E-state index contributed by atoms with van der Waals surface area (Å²) in [5, 5.41) is 14.4. The third kappa shape index (κ3) is 4.56. The quantitative estimate of drug-likeness (QED) is 0.486. The summed E-state index contributed by atoms with van der Waals surface area (Å²) in [6, 6.07) is 19.2. The highest BCUT2D eigenvalue weighted by Crippen LogP contribution is 2.44. The number of carboxylic acids is 1. The fourth-order valence-corrected chi connectivity index (χ4v) is 4.06. The molecule has 1 atom stereocenters. The number of amides is 2. The number of carbonyl (C=O) groups is 3. The van der Waals surface area contributed by atoms with Crippen LogP contribution in [0.5, 0.6) is 5.75 Å². The Hall–Kier alpha value is -4.33. The van der Waals surface area contributed by atoms with E-state index in [0.29, 0.717) is 5.75 Å². The molecule has 0 radical (unpaired) electrons. The Morgan fingerprint density at radius 3 is 2.18 bits per heavy atom. The van der Waals surface area contributed by atoms with Crippen molar-refractivity contribution in [1.29, 1.82) is 0 Å². The summed E-state index contributed by atoms with van der Waals surface area (Å²) >= 11 is 0. The van der Waals surface area contributed by atoms with Crippen molar-refractivity contribution in [3.8, 4) is 16.9 Å². The van der Waals surface area contributed by atoms with Gasteiger partial charge < -0.3 is 25.2 Å². The van der Waals surface area contributed by atoms with Crippen LogP contribution in [-0.4, -0.2) is 42.8 Å². The molecule has 0 aliphatic heterocycles. The van der Waals surface area contributed by atoms with Gasteiger partial charge in [-0.05, 0) is 41.3 Å². The first-order valence-electron chi connectivity index (χ1n) is 10.7. The van der Waals surface area contributed by atoms with Crippen LogP contribution in [0.15, 0.2) is 66.7 Å². The van der Waals surface area contributed by atoms with Crippen LogP contribution < -0.4 is 15.4 Å². The van der Waals surface area contributed by atoms with Gasteiger partial charge in [0.2, 0.25) is 5.91 Å². The smallest absolute Gasteiger partial charge is 0.407 e. The van der Waals surface area contributed by atoms with Crippen LogP contribution in [0.25, 0.3) is 11.1 Å². The Morgan fingerprint density at radius 1 is 0.971 bits per heavy atom. The molecule has 0 fully saturated rings. The average molecular weight is 460 g/mol. The summed E-state index contributed by atoms with van der Waals surface area (Å²) in [4.78, 5) is 36.5. The number of benzene rings is 3. The van der Waals surface area contributed by atoms with Gasteiger partial charge in [0.05, 0.1) is 18.4 Å². The Morgan fingerprint density at radius 2 is 1.59 bits per heavy atom. The van der Waals surface area contributed by atoms with Crippen LogP contribution in [0.2, 0.25) is 0 Å². The van der Waals surface area contributed by atoms with E-state index in [1.165, 1.54) is 32.2 Å². The van der Waals surface area contributed by atoms with Gasteiger partial charge in [-0.1, -0.05) is 48.5 Å². The molecule has 0 aromatic heterocycles. The number of aromatic carboxylic acids is 1. The molecule has 8 nitrogen and oxygen atoms in total. The van der Waals surface area contributed by atoms with Crippen molar-refractivity contribution in [2.45, 2.75) is 18.9 Å². The number of hydrogen-bond acceptors (Lipinski definition) is 5. The topological polar surface area (TPSA) is 114 Å². The second-order valence-electron chi connectivity index (χ2n) is 7.90. The summed E-state index contributed by atoms with van der Waals surface area (Å²) in [5.41, 5.74) is 4.38. The molecule has 0 unspecified atom stereocenters. The summed E-state index contributed by atoms with van der Waals surface area (Å²) in [7, 11) is 1.43. The van der Waals surface area contributed by atoms with Crippen molar-refractivity contribution in [2.75, 3.05) is 19.0 Å². The maximum absolute atomic E-state index is 12.6. The Balaban J connectivity index is 1.39. The van der Waals surface area contributed by atoms with E-state index in [2.05, 4.69) is 10.6 Å². The van der Waals surface area contributed by atoms with E-state index >= 15 is 0 Å². The Labute approximate surface area is 196 Å². The molecule has 8 heteroatoms. The minimum absolute atomic E-state index is 0.0676. The number of carbonyl (C=O) groups excluding carboxylic acids is 2. The zero-order valence-corrected chi connectivity index (χ0v) is 18.7. The zero-order valence-electron chi connectivity index (χ0n) is 18.7. The van der Waals surface area contributed by atoms with Gasteiger partial charge in [-0.3, -0.25) is 4.79 Å². The van der Waals surface area contributed by atoms with Gasteiger partial charge in [0.1, 0.15) is 18.4 Å². The fraction of sp³-hybridized carbons (Fsp3) is 0.192. The second kappa shape index (κ2) is 9.66. The lowest BCUT2D eigenvalue weighted by atomic mass is 9.98. The minimum atomic E-state index is -1.20. The summed E-state index contributed by atoms with van der Waals surface area (Å²) in [6.45, 7) is 1.60. The van der Waals surface area contributed by atoms with Crippen molar-refractivity contribution < 1.29 is 29.0 Å². The highest BCUT2D eigenvalue weighted by Gasteiger charge is 2.29. The molecular formula is C26H24N2O6. The lowest BCUT2D eigenvalue weighted by molar-refractivity contribution is -0.117. The molecule has 0 saturated heterocycles. The van der Waals surface area contributed by atoms with Gasteiger partial charge >= 0.3 is 12.1 Å². The second-order valence-corrected chi connectivity index (χ2v) is 7.90. The van der Waals surface area contributed by atoms with Crippen LogP contribution in [0, 0.1) is 0 Å². The van der Waals surface area contributed by atoms with Crippen LogP contribution in [0.3, 0.4) is 0 Å². The first-order valence-corrected chi connectivity index (χ1v) is 10.7. The van der Waals surface area contributed by atoms with Crippen molar-refractivity contribution >= 4 is 23.7 Å². The van der Waals surface area contributed by atoms with E-state index in [9.17, 15) is 19.5 Å². The predicted molar refractivity (Wildman–Crippen MR) is 126 cm³/mol. The summed E-state index contributed by atoms with van der Waals surface area (Å²) < 4.78 is 10.6. The van der Waals surface area contributed by atoms with Crippen molar-refractivity contribution in [3.63, 3.8) is 0 Å². The van der Waals surface area contributed by atoms with E-state index < -0.39 is 24.0 Å². The standard InChI is InChI=1S/C26H24N2O6/c1-15(24(29)28-23-13-16(33-2)11-12-21(23)25(30)31)27-26(32)34-14-22-19-9-5-3-7-17(19)18-8-4-6-10-20(18)22/h3-13,15,22H,14H2,1-2H3,(H,27,32)(H,28,29)(H,30,31)/t15-/m1/s1. The molecular weight excluding hydrogens is 436 g/mol. The van der Waals surface area contributed by atoms with Crippen molar-refractivity contribution in [3.05, 3.63) is 83.4 Å². The van der Waals surface area contributed by atoms with Crippen molar-refractivity contribution in [1.82, 2.24) is 5.32 Å². The molecule has 3 N–H and O–H groups in total. The molecule has 174 valence electrons. The highest BCUT2D eigenvalue weighted by molar-refractivity contribution is 6.03. The number of carboxylic acid groups (broad SMARTS) is 1. The number of hydrogen-bond donors (Lipinski definition) is 3. The number of rotatable bonds is 7. The highest BCUT2D eigenvalue weighted by atomic mass is 16.5. The number of fused-ring (bicyclic) bond motifs is 3. The van der Waals surface area contributed by atoms with Gasteiger partial charge in [0.15, 0.2) is 0 Å². The number of alkyl carbamates (subject to hydrolysis) is 1. The van der Waals surface area contributed by atoms with Gasteiger partial charge in [-0.25, -0.2) is 9.59 Å². The SMILES string of the molecule is COc1ccc(C(=O)O)c(NC(=O)[C@@H](C)NC(=O)OCC2c3ccccc3-c3ccccc32)c1. The number of methoxy groups -OCH3 is 1. The van der Waals surface area contributed by atoms with E-state index in [-0.39, 0.29) is 23.8 Å². The number of nitrogens with one attached hydrogen (secondary N) is 2. The lowest BCUT2D eigenvalue weighted by Gasteiger charge is -2.18. The summed E-state index contributed by atoms with van der Waals surface area (Å²) in [5.74, 6) is -1.51. The van der Waals surface area contributed by atoms with Gasteiger partial charge in [-0.2, -0.15) is 0 Å². The third-order valence-electron chi connectivity index (χ3n) is 5.79. The predicted octanol–water partition coefficient (Wildman–Crippen LogP) is 4.26. The Kier molecular flexibility index (Phi) is 6.49. The number of ether oxygens (including phenoxy) is 2. The monoisotopic (exact) mass is 460 g/mol. The number of anilines is 1. The average Bonchev–Trinajstić information content (AvgIpc) is 3.16. The molecule has 1 aliphatic carbocycles. The molecule has 0 saturated carbocycles. The van der Waals surface area contributed by atoms with Crippen molar-refractivity contribution in [2.24, 2.45) is 0 Å². The molecule has 0 heterocycles. The Bertz CT molecular complexity index is 1210. The van der Waals surface area contributed by atoms with Gasteiger partial charge in [0, 0.05) is 12.0 Å². The maximum atomic E-state index is 12.6. The normalized spacial score (nSPS) is 12.8. The molecule has 1 aliphatic rings. The van der Waals surface area contributed by atoms with E-state index in [4.69, 9.17) is 9.47 Å². The molecule has 3 aromatic carbocycles. The molecule has 4 rings (SSSR count). The molecule has 0 spiro atoms. The van der Waals surface area contributed by atoms with Gasteiger partial charge in [-0.15, -0.1) is 0 Å². The van der Waals surface area contributed by atoms with Crippen LogP contribution in [0.4, 0.5) is 10.5 Å². The third-order valence-corrected chi connectivity index (χ3v) is 5.79. The largest absolute Gasteiger partial charge is 0.497 e. The fourth-order valence-electron chi connectivity index (χ4n) is 4.06. The molecule has 0 bridgehead atoms. The maximum Gasteiger partial charge on any atom is 0.407 e. The first-order chi connectivity index (χ1) is 16.4. The van der Waals surface area contributed by atoms with Crippen LogP contribution in [0.1, 0.15) is 34.3 Å². The zero-order chi connectivity index (χ0) is 24.2. The van der Waals surface area contributed by atoms with Crippen LogP contribution >= 0.6 is 0 Å². The van der Waals surface area contributed by atoms with E-state index in [0.717, 1.165) is 22.3 Å². The molecule has 34 heavy (non-hydrogen) atoms. The van der Waals surface area contributed by atoms with E-state index in [1.807, 2.05) is 48.5 Å². The van der Waals surface area contributed by atoms with Gasteiger partial charge in [0.25, 0.3) is 0 Å². The van der Waals surface area contributed by atoms with Crippen LogP contribution in [-0.2, 0) is 9.53 Å². The summed E-state index contributed by atoms with van der Waals surface area (Å²) in [6.07, 6.45) is -0.742.